The van der Waals surface area contributed by atoms with Gasteiger partial charge in [-0.05, 0) is 25.0 Å². The van der Waals surface area contributed by atoms with Gasteiger partial charge >= 0.3 is 6.18 Å². The monoisotopic (exact) mass is 487 g/mol. The summed E-state index contributed by atoms with van der Waals surface area (Å²) in [4.78, 5) is 20.5. The van der Waals surface area contributed by atoms with Crippen LogP contribution in [0.1, 0.15) is 18.4 Å². The van der Waals surface area contributed by atoms with Gasteiger partial charge in [0.1, 0.15) is 22.6 Å². The average molecular weight is 487 g/mol. The first kappa shape index (κ1) is 22.4. The molecule has 1 saturated carbocycles. The summed E-state index contributed by atoms with van der Waals surface area (Å²) in [5, 5.41) is 14.9. The number of rotatable bonds is 5. The van der Waals surface area contributed by atoms with E-state index in [9.17, 15) is 22.4 Å². The van der Waals surface area contributed by atoms with E-state index < -0.39 is 23.3 Å². The molecule has 3 heterocycles. The summed E-state index contributed by atoms with van der Waals surface area (Å²) in [5.41, 5.74) is 9.94. The molecule has 14 heteroatoms. The molecule has 0 spiro atoms. The summed E-state index contributed by atoms with van der Waals surface area (Å²) in [6, 6.07) is 7.74. The van der Waals surface area contributed by atoms with Crippen molar-refractivity contribution < 1.29 is 22.4 Å². The Bertz CT molecular complexity index is 1440. The van der Waals surface area contributed by atoms with Gasteiger partial charge in [0, 0.05) is 5.56 Å². The second-order valence-electron chi connectivity index (χ2n) is 8.09. The number of nitrogen functional groups attached to an aromatic ring is 2. The minimum atomic E-state index is -4.70. The Morgan fingerprint density at radius 2 is 1.80 bits per heavy atom. The Balaban J connectivity index is 1.51. The van der Waals surface area contributed by atoms with Gasteiger partial charge in [0.05, 0.1) is 18.1 Å². The molecule has 0 aliphatic heterocycles. The number of nitrogens with zero attached hydrogens (tertiary/aromatic N) is 6. The lowest BCUT2D eigenvalue weighted by molar-refractivity contribution is -0.189. The number of nitrogens with two attached hydrogens (primary N) is 2. The molecule has 1 aliphatic carbocycles. The average Bonchev–Trinajstić information content (AvgIpc) is 3.56. The Hall–Kier alpha value is -4.36. The van der Waals surface area contributed by atoms with Crippen LogP contribution in [0.3, 0.4) is 0 Å². The summed E-state index contributed by atoms with van der Waals surface area (Å²) in [5.74, 6) is -2.43. The van der Waals surface area contributed by atoms with Gasteiger partial charge in [0.15, 0.2) is 23.1 Å². The van der Waals surface area contributed by atoms with Crippen molar-refractivity contribution in [1.82, 2.24) is 29.9 Å². The fourth-order valence-corrected chi connectivity index (χ4v) is 3.71. The molecule has 1 aliphatic rings. The summed E-state index contributed by atoms with van der Waals surface area (Å²) in [6.45, 7) is 0.0283. The molecule has 0 bridgehead atoms. The predicted octanol–water partition coefficient (Wildman–Crippen LogP) is 2.92. The number of nitrogens with one attached hydrogen (secondary N) is 1. The third kappa shape index (κ3) is 3.76. The first-order valence-corrected chi connectivity index (χ1v) is 10.3. The highest BCUT2D eigenvalue weighted by Crippen LogP contribution is 2.58. The van der Waals surface area contributed by atoms with Crippen molar-refractivity contribution in [3.8, 4) is 11.5 Å². The fourth-order valence-electron chi connectivity index (χ4n) is 3.71. The minimum absolute atomic E-state index is 0.0283. The number of carbonyl (C=O) groups excluding carboxylic acids is 1. The van der Waals surface area contributed by atoms with Crippen LogP contribution in [0.5, 0.6) is 0 Å². The number of alkyl halides is 3. The highest BCUT2D eigenvalue weighted by molar-refractivity contribution is 6.02. The fraction of sp³-hybridized carbons (Fsp3) is 0.238. The van der Waals surface area contributed by atoms with Crippen LogP contribution < -0.4 is 16.8 Å². The van der Waals surface area contributed by atoms with Crippen molar-refractivity contribution in [3.05, 3.63) is 47.9 Å². The standard InChI is InChI=1S/C21H17F4N9O/c22-12-4-2-1-3-10(12)9-34-18-11(5-8-28-32-18)13(33-34)17-30-15(26)14(16(27)31-17)29-19(35)20(6-7-20)21(23,24)25/h1-5,8H,6-7,9H2,(H,29,35)(H4,26,27,30,31). The lowest BCUT2D eigenvalue weighted by Crippen LogP contribution is -2.37. The topological polar surface area (TPSA) is 151 Å². The van der Waals surface area contributed by atoms with E-state index in [4.69, 9.17) is 11.5 Å². The Labute approximate surface area is 194 Å². The molecule has 0 atom stereocenters. The van der Waals surface area contributed by atoms with Crippen molar-refractivity contribution in [3.63, 3.8) is 0 Å². The lowest BCUT2D eigenvalue weighted by atomic mass is 10.1. The van der Waals surface area contributed by atoms with Crippen molar-refractivity contribution >= 4 is 34.3 Å². The molecular weight excluding hydrogens is 470 g/mol. The summed E-state index contributed by atoms with van der Waals surface area (Å²) >= 11 is 0. The van der Waals surface area contributed by atoms with E-state index in [0.29, 0.717) is 16.6 Å². The molecule has 0 radical (unpaired) electrons. The van der Waals surface area contributed by atoms with E-state index in [2.05, 4.69) is 30.6 Å². The molecule has 1 fully saturated rings. The lowest BCUT2D eigenvalue weighted by Gasteiger charge is -2.19. The van der Waals surface area contributed by atoms with Crippen molar-refractivity contribution in [2.24, 2.45) is 5.41 Å². The number of carbonyl (C=O) groups is 1. The molecule has 1 aromatic carbocycles. The van der Waals surface area contributed by atoms with E-state index in [1.807, 2.05) is 0 Å². The third-order valence-corrected chi connectivity index (χ3v) is 5.84. The Kier molecular flexibility index (Phi) is 5.03. The number of benzene rings is 1. The maximum absolute atomic E-state index is 14.2. The molecule has 0 unspecified atom stereocenters. The van der Waals surface area contributed by atoms with Gasteiger partial charge in [-0.1, -0.05) is 18.2 Å². The van der Waals surface area contributed by atoms with Crippen LogP contribution in [0.4, 0.5) is 34.9 Å². The molecule has 35 heavy (non-hydrogen) atoms. The second kappa shape index (κ2) is 7.85. The molecular formula is C21H17F4N9O. The molecule has 180 valence electrons. The predicted molar refractivity (Wildman–Crippen MR) is 117 cm³/mol. The van der Waals surface area contributed by atoms with E-state index in [-0.39, 0.29) is 48.2 Å². The second-order valence-corrected chi connectivity index (χ2v) is 8.09. The van der Waals surface area contributed by atoms with Crippen LogP contribution in [-0.4, -0.2) is 42.0 Å². The first-order chi connectivity index (χ1) is 16.6. The summed E-state index contributed by atoms with van der Waals surface area (Å²) in [6.07, 6.45) is -3.94. The van der Waals surface area contributed by atoms with E-state index in [0.717, 1.165) is 0 Å². The van der Waals surface area contributed by atoms with Crippen LogP contribution in [0.2, 0.25) is 0 Å². The quantitative estimate of drug-likeness (QED) is 0.364. The smallest absolute Gasteiger partial charge is 0.382 e. The van der Waals surface area contributed by atoms with Crippen LogP contribution in [-0.2, 0) is 11.3 Å². The number of anilines is 3. The number of fused-ring (bicyclic) bond motifs is 1. The number of halogens is 4. The normalized spacial score (nSPS) is 14.7. The molecule has 10 nitrogen and oxygen atoms in total. The molecule has 5 rings (SSSR count). The highest BCUT2D eigenvalue weighted by atomic mass is 19.4. The van der Waals surface area contributed by atoms with E-state index in [1.165, 1.54) is 16.9 Å². The zero-order valence-electron chi connectivity index (χ0n) is 17.8. The molecule has 5 N–H and O–H groups in total. The van der Waals surface area contributed by atoms with Crippen molar-refractivity contribution in [1.29, 1.82) is 0 Å². The molecule has 1 amide bonds. The van der Waals surface area contributed by atoms with Gasteiger partial charge in [0.2, 0.25) is 5.91 Å². The van der Waals surface area contributed by atoms with Gasteiger partial charge in [-0.2, -0.15) is 23.4 Å². The maximum Gasteiger partial charge on any atom is 0.403 e. The Morgan fingerprint density at radius 3 is 2.43 bits per heavy atom. The zero-order chi connectivity index (χ0) is 25.0. The number of hydrogen-bond acceptors (Lipinski definition) is 8. The van der Waals surface area contributed by atoms with Gasteiger partial charge < -0.3 is 16.8 Å². The number of aromatic nitrogens is 6. The van der Waals surface area contributed by atoms with Gasteiger partial charge in [-0.15, -0.1) is 5.10 Å². The van der Waals surface area contributed by atoms with Crippen LogP contribution in [0, 0.1) is 11.2 Å². The SMILES string of the molecule is Nc1nc(-c2nn(Cc3ccccc3F)c3nnccc23)nc(N)c1NC(=O)C1(C(F)(F)F)CC1. The first-order valence-electron chi connectivity index (χ1n) is 10.3. The van der Waals surface area contributed by atoms with E-state index in [1.54, 1.807) is 24.3 Å². The van der Waals surface area contributed by atoms with Gasteiger partial charge in [0.25, 0.3) is 0 Å². The number of hydrogen-bond donors (Lipinski definition) is 3. The Morgan fingerprint density at radius 1 is 1.11 bits per heavy atom. The van der Waals surface area contributed by atoms with Crippen LogP contribution >= 0.6 is 0 Å². The van der Waals surface area contributed by atoms with Gasteiger partial charge in [-0.25, -0.2) is 19.0 Å². The minimum Gasteiger partial charge on any atom is -0.382 e. The zero-order valence-corrected chi connectivity index (χ0v) is 17.8. The maximum atomic E-state index is 14.2. The molecule has 0 saturated heterocycles. The highest BCUT2D eigenvalue weighted by Gasteiger charge is 2.68. The van der Waals surface area contributed by atoms with E-state index >= 15 is 0 Å². The largest absolute Gasteiger partial charge is 0.403 e. The van der Waals surface area contributed by atoms with Crippen LogP contribution in [0.25, 0.3) is 22.6 Å². The van der Waals surface area contributed by atoms with Gasteiger partial charge in [-0.3, -0.25) is 4.79 Å². The molecule has 4 aromatic rings. The molecule has 3 aromatic heterocycles. The van der Waals surface area contributed by atoms with Crippen molar-refractivity contribution in [2.75, 3.05) is 16.8 Å². The number of amides is 1. The van der Waals surface area contributed by atoms with Crippen LogP contribution in [0.15, 0.2) is 36.5 Å². The third-order valence-electron chi connectivity index (χ3n) is 5.84. The van der Waals surface area contributed by atoms with Crippen molar-refractivity contribution in [2.45, 2.75) is 25.6 Å². The summed E-state index contributed by atoms with van der Waals surface area (Å²) < 4.78 is 55.4. The summed E-state index contributed by atoms with van der Waals surface area (Å²) in [7, 11) is 0.